The van der Waals surface area contributed by atoms with Crippen LogP contribution < -0.4 is 0 Å². The van der Waals surface area contributed by atoms with Crippen LogP contribution >= 0.6 is 0 Å². The Hall–Kier alpha value is -1.26. The Morgan fingerprint density at radius 2 is 0.604 bits per heavy atom. The zero-order valence-electron chi connectivity index (χ0n) is 31.3. The summed E-state index contributed by atoms with van der Waals surface area (Å²) < 4.78 is 0. The quantitative estimate of drug-likeness (QED) is 0.0325. The molecule has 0 aliphatic rings. The van der Waals surface area contributed by atoms with Gasteiger partial charge >= 0.3 is 11.9 Å². The zero-order valence-corrected chi connectivity index (χ0v) is 31.3. The number of hydrogen-bond acceptors (Lipinski definition) is 7. The molecule has 0 aromatic carbocycles. The standard InChI is InChI=1S/2C18H36O3.C3H8O3/c2*1-2-3-4-11-14-17(19)15-12-9-7-5-6-8-10-13-16-18(20)21;4-1-3(6)2-5/h2*17,19H,2-16H2,1H3,(H,20,21);3-6H,1-2H2. The van der Waals surface area contributed by atoms with E-state index < -0.39 is 18.0 Å². The molecule has 9 nitrogen and oxygen atoms in total. The van der Waals surface area contributed by atoms with Gasteiger partial charge in [0.1, 0.15) is 6.10 Å². The minimum absolute atomic E-state index is 0.0853. The van der Waals surface area contributed by atoms with E-state index in [-0.39, 0.29) is 25.4 Å². The maximum absolute atomic E-state index is 10.3. The summed E-state index contributed by atoms with van der Waals surface area (Å²) in [6.45, 7) is 3.69. The van der Waals surface area contributed by atoms with Gasteiger partial charge in [0.15, 0.2) is 0 Å². The van der Waals surface area contributed by atoms with Gasteiger partial charge in [0, 0.05) is 12.8 Å². The van der Waals surface area contributed by atoms with E-state index in [1.54, 1.807) is 0 Å². The number of carboxylic acid groups (broad SMARTS) is 2. The highest BCUT2D eigenvalue weighted by atomic mass is 16.4. The van der Waals surface area contributed by atoms with E-state index >= 15 is 0 Å². The van der Waals surface area contributed by atoms with Gasteiger partial charge in [0.25, 0.3) is 0 Å². The number of aliphatic carboxylic acids is 2. The lowest BCUT2D eigenvalue weighted by atomic mass is 10.0. The lowest BCUT2D eigenvalue weighted by molar-refractivity contribution is -0.138. The molecule has 0 spiro atoms. The first-order chi connectivity index (χ1) is 23.1. The maximum Gasteiger partial charge on any atom is 0.303 e. The highest BCUT2D eigenvalue weighted by molar-refractivity contribution is 5.66. The molecule has 0 saturated heterocycles. The number of hydrogen-bond donors (Lipinski definition) is 7. The Balaban J connectivity index is -0.000000720. The van der Waals surface area contributed by atoms with E-state index in [1.807, 2.05) is 0 Å². The normalized spacial score (nSPS) is 12.2. The summed E-state index contributed by atoms with van der Waals surface area (Å²) in [4.78, 5) is 20.7. The molecule has 0 amide bonds. The number of carboxylic acids is 2. The summed E-state index contributed by atoms with van der Waals surface area (Å²) >= 11 is 0. The Morgan fingerprint density at radius 1 is 0.375 bits per heavy atom. The van der Waals surface area contributed by atoms with Gasteiger partial charge in [0.05, 0.1) is 25.4 Å². The van der Waals surface area contributed by atoms with Gasteiger partial charge in [0.2, 0.25) is 0 Å². The number of aliphatic hydroxyl groups is 5. The molecule has 0 fully saturated rings. The summed E-state index contributed by atoms with van der Waals surface area (Å²) in [6.07, 6.45) is 31.6. The average molecular weight is 693 g/mol. The number of rotatable bonds is 34. The molecule has 7 N–H and O–H groups in total. The van der Waals surface area contributed by atoms with Crippen molar-refractivity contribution in [1.82, 2.24) is 0 Å². The highest BCUT2D eigenvalue weighted by Gasteiger charge is 2.05. The second-order valence-electron chi connectivity index (χ2n) is 13.5. The molecule has 0 heterocycles. The van der Waals surface area contributed by atoms with Crippen molar-refractivity contribution in [2.24, 2.45) is 0 Å². The number of carbonyl (C=O) groups is 2. The highest BCUT2D eigenvalue weighted by Crippen LogP contribution is 2.15. The Bertz CT molecular complexity index is 581. The third-order valence-corrected chi connectivity index (χ3v) is 8.56. The molecule has 48 heavy (non-hydrogen) atoms. The van der Waals surface area contributed by atoms with Crippen molar-refractivity contribution >= 4 is 11.9 Å². The van der Waals surface area contributed by atoms with E-state index in [0.717, 1.165) is 77.0 Å². The second-order valence-corrected chi connectivity index (χ2v) is 13.5. The molecule has 9 heteroatoms. The molecule has 290 valence electrons. The van der Waals surface area contributed by atoms with Crippen molar-refractivity contribution < 1.29 is 45.3 Å². The van der Waals surface area contributed by atoms with Crippen molar-refractivity contribution in [2.45, 2.75) is 225 Å². The van der Waals surface area contributed by atoms with E-state index in [1.165, 1.54) is 103 Å². The minimum atomic E-state index is -0.954. The van der Waals surface area contributed by atoms with Gasteiger partial charge < -0.3 is 35.7 Å². The lowest BCUT2D eigenvalue weighted by Crippen LogP contribution is -2.15. The van der Waals surface area contributed by atoms with Gasteiger partial charge in [-0.05, 0) is 38.5 Å². The third-order valence-electron chi connectivity index (χ3n) is 8.56. The van der Waals surface area contributed by atoms with Crippen LogP contribution in [0.1, 0.15) is 206 Å². The zero-order chi connectivity index (χ0) is 36.5. The van der Waals surface area contributed by atoms with Crippen LogP contribution in [0.5, 0.6) is 0 Å². The molecule has 0 saturated carbocycles. The molecule has 0 aliphatic carbocycles. The third kappa shape index (κ3) is 51.6. The lowest BCUT2D eigenvalue weighted by Gasteiger charge is -2.10. The summed E-state index contributed by atoms with van der Waals surface area (Å²) in [5, 5.41) is 60.7. The average Bonchev–Trinajstić information content (AvgIpc) is 3.06. The van der Waals surface area contributed by atoms with Crippen molar-refractivity contribution in [3.05, 3.63) is 0 Å². The fraction of sp³-hybridized carbons (Fsp3) is 0.949. The van der Waals surface area contributed by atoms with Crippen molar-refractivity contribution in [1.29, 1.82) is 0 Å². The minimum Gasteiger partial charge on any atom is -0.481 e. The van der Waals surface area contributed by atoms with Crippen LogP contribution in [-0.4, -0.2) is 79.2 Å². The number of unbranched alkanes of at least 4 members (excludes halogenated alkanes) is 20. The fourth-order valence-corrected chi connectivity index (χ4v) is 5.39. The smallest absolute Gasteiger partial charge is 0.303 e. The van der Waals surface area contributed by atoms with Crippen molar-refractivity contribution in [3.63, 3.8) is 0 Å². The Morgan fingerprint density at radius 3 is 0.812 bits per heavy atom. The predicted molar refractivity (Wildman–Crippen MR) is 197 cm³/mol. The van der Waals surface area contributed by atoms with E-state index in [0.29, 0.717) is 12.8 Å². The summed E-state index contributed by atoms with van der Waals surface area (Å²) in [6, 6.07) is 0. The Kier molecular flexibility index (Phi) is 46.6. The van der Waals surface area contributed by atoms with Gasteiger partial charge in [-0.15, -0.1) is 0 Å². The van der Waals surface area contributed by atoms with E-state index in [9.17, 15) is 19.8 Å². The van der Waals surface area contributed by atoms with Crippen LogP contribution in [0, 0.1) is 0 Å². The summed E-state index contributed by atoms with van der Waals surface area (Å²) in [7, 11) is 0. The SMILES string of the molecule is CCCCCCC(O)CCCCCCCCCCC(=O)O.CCCCCCC(O)CCCCCCCCCCC(=O)O.OCC(O)CO. The molecule has 2 atom stereocenters. The van der Waals surface area contributed by atoms with Gasteiger partial charge in [-0.1, -0.05) is 155 Å². The molecular formula is C39H80O9. The van der Waals surface area contributed by atoms with Gasteiger partial charge in [-0.3, -0.25) is 9.59 Å². The maximum atomic E-state index is 10.3. The monoisotopic (exact) mass is 693 g/mol. The first-order valence-corrected chi connectivity index (χ1v) is 19.8. The molecule has 0 aromatic heterocycles. The summed E-state index contributed by atoms with van der Waals surface area (Å²) in [5.41, 5.74) is 0. The molecule has 0 rings (SSSR count). The molecule has 2 unspecified atom stereocenters. The van der Waals surface area contributed by atoms with Gasteiger partial charge in [-0.25, -0.2) is 0 Å². The van der Waals surface area contributed by atoms with Crippen LogP contribution in [0.25, 0.3) is 0 Å². The van der Waals surface area contributed by atoms with E-state index in [4.69, 9.17) is 25.5 Å². The molecule has 0 bridgehead atoms. The largest absolute Gasteiger partial charge is 0.481 e. The van der Waals surface area contributed by atoms with Crippen LogP contribution in [-0.2, 0) is 9.59 Å². The number of aliphatic hydroxyl groups excluding tert-OH is 5. The first kappa shape index (κ1) is 51.1. The summed E-state index contributed by atoms with van der Waals surface area (Å²) in [5.74, 6) is -1.36. The predicted octanol–water partition coefficient (Wildman–Crippen LogP) is 8.94. The van der Waals surface area contributed by atoms with Crippen molar-refractivity contribution in [2.75, 3.05) is 13.2 Å². The topological polar surface area (TPSA) is 176 Å². The van der Waals surface area contributed by atoms with Crippen LogP contribution in [0.2, 0.25) is 0 Å². The molecule has 0 radical (unpaired) electrons. The van der Waals surface area contributed by atoms with Crippen molar-refractivity contribution in [3.8, 4) is 0 Å². The Labute approximate surface area is 295 Å². The van der Waals surface area contributed by atoms with Crippen LogP contribution in [0.15, 0.2) is 0 Å². The second kappa shape index (κ2) is 43.8. The van der Waals surface area contributed by atoms with Crippen LogP contribution in [0.3, 0.4) is 0 Å². The molecule has 0 aromatic rings. The van der Waals surface area contributed by atoms with Gasteiger partial charge in [-0.2, -0.15) is 0 Å². The molecular weight excluding hydrogens is 612 g/mol. The fourth-order valence-electron chi connectivity index (χ4n) is 5.39. The molecule has 0 aliphatic heterocycles. The van der Waals surface area contributed by atoms with E-state index in [2.05, 4.69) is 13.8 Å². The van der Waals surface area contributed by atoms with Crippen LogP contribution in [0.4, 0.5) is 0 Å². The first-order valence-electron chi connectivity index (χ1n) is 19.8.